The second-order valence-electron chi connectivity index (χ2n) is 3.90. The Morgan fingerprint density at radius 2 is 2.06 bits per heavy atom. The van der Waals surface area contributed by atoms with Crippen LogP contribution in [0.4, 0.5) is 0 Å². The molecule has 2 aromatic rings. The summed E-state index contributed by atoms with van der Waals surface area (Å²) in [4.78, 5) is 15.9. The Morgan fingerprint density at radius 3 is 2.72 bits per heavy atom. The van der Waals surface area contributed by atoms with Gasteiger partial charge in [-0.2, -0.15) is 0 Å². The van der Waals surface area contributed by atoms with E-state index < -0.39 is 5.97 Å². The molecule has 1 heterocycles. The summed E-state index contributed by atoms with van der Waals surface area (Å²) in [5.41, 5.74) is 2.27. The van der Waals surface area contributed by atoms with Gasteiger partial charge in [-0.15, -0.1) is 11.8 Å². The lowest BCUT2D eigenvalue weighted by Crippen LogP contribution is -2.01. The van der Waals surface area contributed by atoms with Crippen LogP contribution in [0.25, 0.3) is 0 Å². The Kier molecular flexibility index (Phi) is 3.99. The van der Waals surface area contributed by atoms with Gasteiger partial charge in [-0.05, 0) is 18.6 Å². The van der Waals surface area contributed by atoms with E-state index in [1.54, 1.807) is 0 Å². The number of carboxylic acids is 1. The third-order valence-electron chi connectivity index (χ3n) is 2.47. The molecule has 0 unspecified atom stereocenters. The minimum absolute atomic E-state index is 0.265. The molecule has 0 atom stereocenters. The van der Waals surface area contributed by atoms with Gasteiger partial charge >= 0.3 is 5.97 Å². The average molecular weight is 259 g/mol. The maximum Gasteiger partial charge on any atom is 0.338 e. The smallest absolute Gasteiger partial charge is 0.338 e. The molecule has 0 fully saturated rings. The lowest BCUT2D eigenvalue weighted by Gasteiger charge is -2.06. The second-order valence-corrected chi connectivity index (χ2v) is 4.92. The third kappa shape index (κ3) is 3.11. The Balaban J connectivity index is 2.18. The molecule has 0 amide bonds. The van der Waals surface area contributed by atoms with Crippen molar-refractivity contribution in [3.05, 3.63) is 59.4 Å². The third-order valence-corrected chi connectivity index (χ3v) is 3.60. The van der Waals surface area contributed by atoms with Crippen LogP contribution in [0.1, 0.15) is 21.6 Å². The zero-order chi connectivity index (χ0) is 13.0. The van der Waals surface area contributed by atoms with E-state index in [1.807, 2.05) is 43.3 Å². The van der Waals surface area contributed by atoms with E-state index in [0.29, 0.717) is 0 Å². The second kappa shape index (κ2) is 5.69. The molecule has 0 aliphatic carbocycles. The fraction of sp³-hybridized carbons (Fsp3) is 0.143. The van der Waals surface area contributed by atoms with E-state index in [4.69, 9.17) is 5.11 Å². The number of aryl methyl sites for hydroxylation is 1. The number of carbonyl (C=O) groups is 1. The van der Waals surface area contributed by atoms with Gasteiger partial charge in [0.05, 0.1) is 5.56 Å². The molecule has 0 aliphatic heterocycles. The van der Waals surface area contributed by atoms with Gasteiger partial charge in [0, 0.05) is 22.5 Å². The highest BCUT2D eigenvalue weighted by atomic mass is 32.2. The fourth-order valence-electron chi connectivity index (χ4n) is 1.55. The molecule has 0 aliphatic rings. The summed E-state index contributed by atoms with van der Waals surface area (Å²) in [5, 5.41) is 9.10. The number of rotatable bonds is 4. The monoisotopic (exact) mass is 259 g/mol. The molecule has 1 aromatic heterocycles. The standard InChI is InChI=1S/C14H13NO2S/c1-10-7-13(12(8-15-10)14(16)17)18-9-11-5-3-2-4-6-11/h2-8H,9H2,1H3,(H,16,17). The number of aromatic carboxylic acids is 1. The number of nitrogens with zero attached hydrogens (tertiary/aromatic N) is 1. The highest BCUT2D eigenvalue weighted by Gasteiger charge is 2.11. The van der Waals surface area contributed by atoms with Crippen molar-refractivity contribution in [3.63, 3.8) is 0 Å². The number of pyridine rings is 1. The Hall–Kier alpha value is -1.81. The molecule has 2 rings (SSSR count). The zero-order valence-corrected chi connectivity index (χ0v) is 10.8. The number of hydrogen-bond acceptors (Lipinski definition) is 3. The van der Waals surface area contributed by atoms with Gasteiger partial charge in [0.15, 0.2) is 0 Å². The lowest BCUT2D eigenvalue weighted by molar-refractivity contribution is 0.0692. The molecular weight excluding hydrogens is 246 g/mol. The number of benzene rings is 1. The first-order valence-corrected chi connectivity index (χ1v) is 6.52. The van der Waals surface area contributed by atoms with E-state index in [9.17, 15) is 4.79 Å². The molecule has 18 heavy (non-hydrogen) atoms. The highest BCUT2D eigenvalue weighted by Crippen LogP contribution is 2.26. The van der Waals surface area contributed by atoms with Crippen molar-refractivity contribution in [1.29, 1.82) is 0 Å². The van der Waals surface area contributed by atoms with Crippen LogP contribution in [0.2, 0.25) is 0 Å². The maximum atomic E-state index is 11.1. The van der Waals surface area contributed by atoms with E-state index in [-0.39, 0.29) is 5.56 Å². The van der Waals surface area contributed by atoms with Crippen LogP contribution < -0.4 is 0 Å². The predicted molar refractivity (Wildman–Crippen MR) is 71.9 cm³/mol. The first kappa shape index (κ1) is 12.6. The van der Waals surface area contributed by atoms with E-state index in [2.05, 4.69) is 4.98 Å². The molecule has 92 valence electrons. The van der Waals surface area contributed by atoms with E-state index >= 15 is 0 Å². The van der Waals surface area contributed by atoms with Crippen molar-refractivity contribution in [2.75, 3.05) is 0 Å². The quantitative estimate of drug-likeness (QED) is 0.855. The van der Waals surface area contributed by atoms with Gasteiger partial charge in [0.25, 0.3) is 0 Å². The summed E-state index contributed by atoms with van der Waals surface area (Å²) < 4.78 is 0. The molecule has 4 heteroatoms. The van der Waals surface area contributed by atoms with Crippen molar-refractivity contribution in [2.24, 2.45) is 0 Å². The molecule has 0 saturated heterocycles. The average Bonchev–Trinajstić information content (AvgIpc) is 2.37. The molecule has 1 N–H and O–H groups in total. The van der Waals surface area contributed by atoms with Gasteiger partial charge in [0.2, 0.25) is 0 Å². The minimum atomic E-state index is -0.932. The van der Waals surface area contributed by atoms with Gasteiger partial charge in [-0.25, -0.2) is 4.79 Å². The number of aromatic nitrogens is 1. The predicted octanol–water partition coefficient (Wildman–Crippen LogP) is 3.38. The summed E-state index contributed by atoms with van der Waals surface area (Å²) in [7, 11) is 0. The molecule has 0 bridgehead atoms. The SMILES string of the molecule is Cc1cc(SCc2ccccc2)c(C(=O)O)cn1. The van der Waals surface area contributed by atoms with E-state index in [1.165, 1.54) is 23.5 Å². The Morgan fingerprint density at radius 1 is 1.33 bits per heavy atom. The van der Waals surface area contributed by atoms with Crippen LogP contribution in [0.5, 0.6) is 0 Å². The largest absolute Gasteiger partial charge is 0.478 e. The topological polar surface area (TPSA) is 50.2 Å². The van der Waals surface area contributed by atoms with Crippen LogP contribution in [0.3, 0.4) is 0 Å². The van der Waals surface area contributed by atoms with Crippen molar-refractivity contribution >= 4 is 17.7 Å². The first-order chi connectivity index (χ1) is 8.66. The van der Waals surface area contributed by atoms with Crippen LogP contribution >= 0.6 is 11.8 Å². The minimum Gasteiger partial charge on any atom is -0.478 e. The molecule has 0 radical (unpaired) electrons. The summed E-state index contributed by atoms with van der Waals surface area (Å²) in [5.74, 6) is -0.178. The molecule has 3 nitrogen and oxygen atoms in total. The summed E-state index contributed by atoms with van der Waals surface area (Å²) in [6.07, 6.45) is 1.42. The molecule has 0 saturated carbocycles. The van der Waals surface area contributed by atoms with Crippen molar-refractivity contribution in [2.45, 2.75) is 17.6 Å². The van der Waals surface area contributed by atoms with Crippen molar-refractivity contribution < 1.29 is 9.90 Å². The van der Waals surface area contributed by atoms with Crippen LogP contribution in [0.15, 0.2) is 47.5 Å². The molecule has 0 spiro atoms. The summed E-state index contributed by atoms with van der Waals surface area (Å²) in [6.45, 7) is 1.86. The molecule has 1 aromatic carbocycles. The summed E-state index contributed by atoms with van der Waals surface area (Å²) in [6, 6.07) is 11.8. The van der Waals surface area contributed by atoms with Gasteiger partial charge in [0.1, 0.15) is 0 Å². The normalized spacial score (nSPS) is 10.3. The summed E-state index contributed by atoms with van der Waals surface area (Å²) >= 11 is 1.52. The van der Waals surface area contributed by atoms with Gasteiger partial charge < -0.3 is 5.11 Å². The number of hydrogen-bond donors (Lipinski definition) is 1. The van der Waals surface area contributed by atoms with Gasteiger partial charge in [-0.1, -0.05) is 30.3 Å². The molecular formula is C14H13NO2S. The van der Waals surface area contributed by atoms with Crippen LogP contribution in [-0.4, -0.2) is 16.1 Å². The fourth-order valence-corrected chi connectivity index (χ4v) is 2.61. The number of thioether (sulfide) groups is 1. The first-order valence-electron chi connectivity index (χ1n) is 5.53. The number of carboxylic acid groups (broad SMARTS) is 1. The van der Waals surface area contributed by atoms with E-state index in [0.717, 1.165) is 16.3 Å². The highest BCUT2D eigenvalue weighted by molar-refractivity contribution is 7.98. The van der Waals surface area contributed by atoms with Crippen molar-refractivity contribution in [3.8, 4) is 0 Å². The van der Waals surface area contributed by atoms with Crippen LogP contribution in [-0.2, 0) is 5.75 Å². The lowest BCUT2D eigenvalue weighted by atomic mass is 10.2. The zero-order valence-electron chi connectivity index (χ0n) is 9.96. The van der Waals surface area contributed by atoms with Crippen LogP contribution in [0, 0.1) is 6.92 Å². The Bertz CT molecular complexity index is 555. The Labute approximate surface area is 110 Å². The van der Waals surface area contributed by atoms with Crippen molar-refractivity contribution in [1.82, 2.24) is 4.98 Å². The van der Waals surface area contributed by atoms with Gasteiger partial charge in [-0.3, -0.25) is 4.98 Å². The maximum absolute atomic E-state index is 11.1.